The predicted molar refractivity (Wildman–Crippen MR) is 56.3 cm³/mol. The van der Waals surface area contributed by atoms with Crippen molar-refractivity contribution in [2.45, 2.75) is 13.8 Å². The summed E-state index contributed by atoms with van der Waals surface area (Å²) in [6, 6.07) is 4.42. The Morgan fingerprint density at radius 2 is 2.12 bits per heavy atom. The molecule has 0 bridgehead atoms. The van der Waals surface area contributed by atoms with Crippen molar-refractivity contribution in [2.75, 3.05) is 0 Å². The fourth-order valence-corrected chi connectivity index (χ4v) is 1.41. The highest BCUT2D eigenvalue weighted by Gasteiger charge is 2.13. The predicted octanol–water partition coefficient (Wildman–Crippen LogP) is 0.272. The quantitative estimate of drug-likeness (QED) is 0.745. The van der Waals surface area contributed by atoms with Gasteiger partial charge in [-0.15, -0.1) is 0 Å². The van der Waals surface area contributed by atoms with E-state index in [9.17, 15) is 9.59 Å². The lowest BCUT2D eigenvalue weighted by Crippen LogP contribution is -2.19. The zero-order chi connectivity index (χ0) is 11.7. The van der Waals surface area contributed by atoms with Crippen LogP contribution in [0.5, 0.6) is 0 Å². The third-order valence-corrected chi connectivity index (χ3v) is 2.10. The molecular weight excluding hydrogens is 208 g/mol. The lowest BCUT2D eigenvalue weighted by atomic mass is 10.3. The molecule has 6 nitrogen and oxygen atoms in total. The number of nitrogens with one attached hydrogen (secondary N) is 1. The molecule has 2 rings (SSSR count). The molecular formula is C10H10N4O2. The molecule has 6 heteroatoms. The molecule has 2 aromatic rings. The van der Waals surface area contributed by atoms with Crippen LogP contribution < -0.4 is 5.56 Å². The van der Waals surface area contributed by atoms with Gasteiger partial charge in [-0.1, -0.05) is 0 Å². The zero-order valence-corrected chi connectivity index (χ0v) is 8.89. The number of nitrogens with zero attached hydrogens (tertiary/aromatic N) is 3. The van der Waals surface area contributed by atoms with Gasteiger partial charge < -0.3 is 0 Å². The number of rotatable bonds is 1. The van der Waals surface area contributed by atoms with Crippen molar-refractivity contribution in [3.8, 4) is 0 Å². The third-order valence-electron chi connectivity index (χ3n) is 2.10. The van der Waals surface area contributed by atoms with Crippen LogP contribution in [-0.2, 0) is 0 Å². The van der Waals surface area contributed by atoms with Gasteiger partial charge in [0.05, 0.1) is 5.69 Å². The van der Waals surface area contributed by atoms with E-state index in [1.807, 2.05) is 0 Å². The summed E-state index contributed by atoms with van der Waals surface area (Å²) in [4.78, 5) is 22.7. The Kier molecular flexibility index (Phi) is 2.40. The van der Waals surface area contributed by atoms with Gasteiger partial charge in [0.25, 0.3) is 11.5 Å². The van der Waals surface area contributed by atoms with Crippen LogP contribution in [0, 0.1) is 13.8 Å². The summed E-state index contributed by atoms with van der Waals surface area (Å²) in [6.07, 6.45) is 0. The largest absolute Gasteiger partial charge is 0.298 e. The van der Waals surface area contributed by atoms with E-state index < -0.39 is 0 Å². The minimum Gasteiger partial charge on any atom is -0.268 e. The molecule has 1 N–H and O–H groups in total. The van der Waals surface area contributed by atoms with Gasteiger partial charge in [-0.25, -0.2) is 5.10 Å². The second-order valence-corrected chi connectivity index (χ2v) is 3.45. The van der Waals surface area contributed by atoms with Crippen LogP contribution in [0.25, 0.3) is 0 Å². The first-order chi connectivity index (χ1) is 7.58. The molecule has 0 amide bonds. The normalized spacial score (nSPS) is 10.4. The SMILES string of the molecule is Cc1cc(C)n(C(=O)c2ccc(=O)[nH]n2)n1. The third kappa shape index (κ3) is 1.77. The maximum Gasteiger partial charge on any atom is 0.298 e. The fourth-order valence-electron chi connectivity index (χ4n) is 1.41. The molecule has 0 aliphatic carbocycles. The maximum absolute atomic E-state index is 11.9. The summed E-state index contributed by atoms with van der Waals surface area (Å²) in [5, 5.41) is 9.91. The first kappa shape index (κ1) is 10.3. The molecule has 0 unspecified atom stereocenters. The van der Waals surface area contributed by atoms with Crippen LogP contribution in [-0.4, -0.2) is 25.9 Å². The number of hydrogen-bond acceptors (Lipinski definition) is 4. The highest BCUT2D eigenvalue weighted by Crippen LogP contribution is 2.04. The maximum atomic E-state index is 11.9. The van der Waals surface area contributed by atoms with Gasteiger partial charge in [0, 0.05) is 11.8 Å². The summed E-state index contributed by atoms with van der Waals surface area (Å²) < 4.78 is 1.26. The Morgan fingerprint density at radius 1 is 1.38 bits per heavy atom. The van der Waals surface area contributed by atoms with Gasteiger partial charge in [-0.2, -0.15) is 14.9 Å². The number of aryl methyl sites for hydroxylation is 2. The number of H-pyrrole nitrogens is 1. The molecule has 2 aromatic heterocycles. The summed E-state index contributed by atoms with van der Waals surface area (Å²) in [7, 11) is 0. The van der Waals surface area contributed by atoms with Crippen molar-refractivity contribution in [3.63, 3.8) is 0 Å². The first-order valence-corrected chi connectivity index (χ1v) is 4.71. The summed E-state index contributed by atoms with van der Waals surface area (Å²) in [5.74, 6) is -0.359. The minimum absolute atomic E-state index is 0.158. The van der Waals surface area contributed by atoms with E-state index in [1.165, 1.54) is 16.8 Å². The lowest BCUT2D eigenvalue weighted by molar-refractivity contribution is 0.0936. The van der Waals surface area contributed by atoms with Gasteiger partial charge in [-0.3, -0.25) is 9.59 Å². The Hall–Kier alpha value is -2.24. The summed E-state index contributed by atoms with van der Waals surface area (Å²) in [5.41, 5.74) is 1.31. The van der Waals surface area contributed by atoms with Gasteiger partial charge >= 0.3 is 0 Å². The molecule has 0 saturated carbocycles. The Morgan fingerprint density at radius 3 is 2.62 bits per heavy atom. The standard InChI is InChI=1S/C10H10N4O2/c1-6-5-7(2)14(13-6)10(16)8-3-4-9(15)12-11-8/h3-5H,1-2H3,(H,12,15). The molecule has 0 aliphatic rings. The Bertz CT molecular complexity index is 577. The van der Waals surface area contributed by atoms with Crippen LogP contribution in [0.2, 0.25) is 0 Å². The van der Waals surface area contributed by atoms with E-state index in [0.717, 1.165) is 11.4 Å². The van der Waals surface area contributed by atoms with Gasteiger partial charge in [0.15, 0.2) is 5.69 Å². The van der Waals surface area contributed by atoms with Gasteiger partial charge in [-0.05, 0) is 26.0 Å². The molecule has 2 heterocycles. The summed E-state index contributed by atoms with van der Waals surface area (Å²) >= 11 is 0. The van der Waals surface area contributed by atoms with Crippen LogP contribution in [0.3, 0.4) is 0 Å². The zero-order valence-electron chi connectivity index (χ0n) is 8.89. The van der Waals surface area contributed by atoms with Crippen molar-refractivity contribution in [1.82, 2.24) is 20.0 Å². The van der Waals surface area contributed by atoms with E-state index in [-0.39, 0.29) is 17.2 Å². The second kappa shape index (κ2) is 3.73. The topological polar surface area (TPSA) is 80.6 Å². The number of aromatic amines is 1. The van der Waals surface area contributed by atoms with E-state index >= 15 is 0 Å². The number of carbonyl (C=O) groups is 1. The van der Waals surface area contributed by atoms with E-state index in [2.05, 4.69) is 15.3 Å². The van der Waals surface area contributed by atoms with Gasteiger partial charge in [0.1, 0.15) is 0 Å². The van der Waals surface area contributed by atoms with Crippen molar-refractivity contribution in [2.24, 2.45) is 0 Å². The molecule has 0 saturated heterocycles. The molecule has 82 valence electrons. The second-order valence-electron chi connectivity index (χ2n) is 3.45. The van der Waals surface area contributed by atoms with E-state index in [4.69, 9.17) is 0 Å². The monoisotopic (exact) mass is 218 g/mol. The molecule has 0 radical (unpaired) electrons. The van der Waals surface area contributed by atoms with Crippen molar-refractivity contribution in [1.29, 1.82) is 0 Å². The van der Waals surface area contributed by atoms with Gasteiger partial charge in [0.2, 0.25) is 0 Å². The van der Waals surface area contributed by atoms with Crippen LogP contribution in [0.15, 0.2) is 23.0 Å². The lowest BCUT2D eigenvalue weighted by Gasteiger charge is -2.00. The van der Waals surface area contributed by atoms with Crippen molar-refractivity contribution < 1.29 is 4.79 Å². The van der Waals surface area contributed by atoms with Crippen molar-refractivity contribution in [3.05, 3.63) is 45.6 Å². The fraction of sp³-hybridized carbons (Fsp3) is 0.200. The molecule has 0 fully saturated rings. The van der Waals surface area contributed by atoms with E-state index in [1.54, 1.807) is 19.9 Å². The Labute approximate surface area is 90.9 Å². The van der Waals surface area contributed by atoms with Crippen LogP contribution in [0.4, 0.5) is 0 Å². The first-order valence-electron chi connectivity index (χ1n) is 4.71. The average molecular weight is 218 g/mol. The van der Waals surface area contributed by atoms with Crippen LogP contribution in [0.1, 0.15) is 21.9 Å². The highest BCUT2D eigenvalue weighted by molar-refractivity contribution is 5.93. The Balaban J connectivity index is 2.43. The van der Waals surface area contributed by atoms with E-state index in [0.29, 0.717) is 0 Å². The molecule has 0 aliphatic heterocycles. The number of aromatic nitrogens is 4. The number of carbonyl (C=O) groups excluding carboxylic acids is 1. The number of hydrogen-bond donors (Lipinski definition) is 1. The minimum atomic E-state index is -0.359. The van der Waals surface area contributed by atoms with Crippen LogP contribution >= 0.6 is 0 Å². The molecule has 0 spiro atoms. The molecule has 0 atom stereocenters. The highest BCUT2D eigenvalue weighted by atomic mass is 16.2. The molecule has 0 aromatic carbocycles. The smallest absolute Gasteiger partial charge is 0.268 e. The summed E-state index contributed by atoms with van der Waals surface area (Å²) in [6.45, 7) is 3.58. The average Bonchev–Trinajstić information content (AvgIpc) is 2.58. The molecule has 16 heavy (non-hydrogen) atoms. The van der Waals surface area contributed by atoms with Crippen molar-refractivity contribution >= 4 is 5.91 Å².